The Hall–Kier alpha value is -5.51. The molecule has 4 aromatic heterocycles. The molecule has 0 saturated heterocycles. The summed E-state index contributed by atoms with van der Waals surface area (Å²) in [7, 11) is 1.83. The van der Waals surface area contributed by atoms with Crippen LogP contribution in [-0.2, 0) is 7.05 Å². The maximum atomic E-state index is 15.0. The van der Waals surface area contributed by atoms with Crippen LogP contribution in [0, 0.1) is 5.82 Å². The smallest absolute Gasteiger partial charge is 0.324 e. The average Bonchev–Trinajstić information content (AvgIpc) is 3.61. The standard InChI is InChI=1S/C32H28FN7O2/c1-20(2)22-14-31(40(19-22)24-6-8-28-21(13-24)5-4-11-34-28)38-32(41)37-29-9-7-25(15-27(29)33)42-26-10-12-35-30(16-26)23-17-36-39(3)18-23/h4-20H,1-3H3,(H2,37,38,41). The van der Waals surface area contributed by atoms with Crippen molar-refractivity contribution in [3.8, 4) is 28.4 Å². The minimum atomic E-state index is -0.635. The fourth-order valence-corrected chi connectivity index (χ4v) is 4.57. The third-order valence-corrected chi connectivity index (χ3v) is 6.77. The Bertz CT molecular complexity index is 1910. The fourth-order valence-electron chi connectivity index (χ4n) is 4.57. The molecule has 2 amide bonds. The van der Waals surface area contributed by atoms with Gasteiger partial charge in [-0.25, -0.2) is 9.18 Å². The van der Waals surface area contributed by atoms with Gasteiger partial charge < -0.3 is 14.6 Å². The summed E-state index contributed by atoms with van der Waals surface area (Å²) in [5.74, 6) is 0.935. The van der Waals surface area contributed by atoms with Crippen LogP contribution >= 0.6 is 0 Å². The first-order chi connectivity index (χ1) is 20.3. The average molecular weight is 562 g/mol. The number of carbonyl (C=O) groups excluding carboxylic acids is 1. The molecule has 42 heavy (non-hydrogen) atoms. The molecular formula is C32H28FN7O2. The lowest BCUT2D eigenvalue weighted by Gasteiger charge is -2.13. The number of benzene rings is 2. The van der Waals surface area contributed by atoms with Crippen molar-refractivity contribution in [1.82, 2.24) is 24.3 Å². The van der Waals surface area contributed by atoms with Gasteiger partial charge in [-0.2, -0.15) is 5.10 Å². The van der Waals surface area contributed by atoms with E-state index in [9.17, 15) is 4.79 Å². The third-order valence-electron chi connectivity index (χ3n) is 6.77. The molecule has 0 aliphatic heterocycles. The predicted octanol–water partition coefficient (Wildman–Crippen LogP) is 7.52. The predicted molar refractivity (Wildman–Crippen MR) is 161 cm³/mol. The molecular weight excluding hydrogens is 533 g/mol. The Labute approximate surface area is 241 Å². The van der Waals surface area contributed by atoms with Crippen LogP contribution in [0.4, 0.5) is 20.7 Å². The molecule has 6 rings (SSSR count). The molecule has 4 heterocycles. The molecule has 0 atom stereocenters. The number of aromatic nitrogens is 5. The summed E-state index contributed by atoms with van der Waals surface area (Å²) in [6, 6.07) is 18.8. The van der Waals surface area contributed by atoms with Crippen LogP contribution in [-0.4, -0.2) is 30.3 Å². The number of aryl methyl sites for hydroxylation is 1. The summed E-state index contributed by atoms with van der Waals surface area (Å²) in [4.78, 5) is 21.7. The Morgan fingerprint density at radius 3 is 2.57 bits per heavy atom. The van der Waals surface area contributed by atoms with E-state index in [4.69, 9.17) is 4.74 Å². The molecule has 0 radical (unpaired) electrons. The largest absolute Gasteiger partial charge is 0.457 e. The van der Waals surface area contributed by atoms with Crippen LogP contribution in [0.5, 0.6) is 11.5 Å². The Morgan fingerprint density at radius 1 is 0.929 bits per heavy atom. The fraction of sp³-hybridized carbons (Fsp3) is 0.125. The number of nitrogens with one attached hydrogen (secondary N) is 2. The van der Waals surface area contributed by atoms with E-state index in [0.717, 1.165) is 27.7 Å². The van der Waals surface area contributed by atoms with Gasteiger partial charge in [0.25, 0.3) is 0 Å². The molecule has 0 aliphatic rings. The van der Waals surface area contributed by atoms with Crippen LogP contribution in [0.25, 0.3) is 27.8 Å². The van der Waals surface area contributed by atoms with Gasteiger partial charge >= 0.3 is 6.03 Å². The number of pyridine rings is 2. The highest BCUT2D eigenvalue weighted by Crippen LogP contribution is 2.29. The van der Waals surface area contributed by atoms with Gasteiger partial charge in [0.1, 0.15) is 23.1 Å². The summed E-state index contributed by atoms with van der Waals surface area (Å²) < 4.78 is 24.5. The second-order valence-corrected chi connectivity index (χ2v) is 10.2. The van der Waals surface area contributed by atoms with Gasteiger partial charge in [-0.1, -0.05) is 19.9 Å². The molecule has 0 bridgehead atoms. The molecule has 210 valence electrons. The number of urea groups is 1. The highest BCUT2D eigenvalue weighted by molar-refractivity contribution is 5.99. The van der Waals surface area contributed by atoms with Gasteiger partial charge in [0, 0.05) is 60.6 Å². The van der Waals surface area contributed by atoms with Crippen molar-refractivity contribution < 1.29 is 13.9 Å². The highest BCUT2D eigenvalue weighted by atomic mass is 19.1. The number of fused-ring (bicyclic) bond motifs is 1. The topological polar surface area (TPSA) is 98.9 Å². The molecule has 9 nitrogen and oxygen atoms in total. The van der Waals surface area contributed by atoms with Gasteiger partial charge in [0.15, 0.2) is 0 Å². The van der Waals surface area contributed by atoms with E-state index < -0.39 is 11.8 Å². The Balaban J connectivity index is 1.18. The number of anilines is 2. The summed E-state index contributed by atoms with van der Waals surface area (Å²) in [5.41, 5.74) is 4.33. The molecule has 0 aliphatic carbocycles. The van der Waals surface area contributed by atoms with Crippen molar-refractivity contribution in [3.63, 3.8) is 0 Å². The van der Waals surface area contributed by atoms with Crippen LogP contribution in [0.15, 0.2) is 97.7 Å². The van der Waals surface area contributed by atoms with Crippen LogP contribution in [0.1, 0.15) is 25.3 Å². The lowest BCUT2D eigenvalue weighted by molar-refractivity contribution is 0.262. The zero-order valence-corrected chi connectivity index (χ0v) is 23.2. The van der Waals surface area contributed by atoms with E-state index in [2.05, 4.69) is 39.5 Å². The maximum absolute atomic E-state index is 15.0. The summed E-state index contributed by atoms with van der Waals surface area (Å²) in [5, 5.41) is 10.6. The number of hydrogen-bond acceptors (Lipinski definition) is 5. The quantitative estimate of drug-likeness (QED) is 0.210. The minimum absolute atomic E-state index is 0.0181. The van der Waals surface area contributed by atoms with E-state index in [1.807, 2.05) is 60.4 Å². The van der Waals surface area contributed by atoms with Crippen LogP contribution in [0.3, 0.4) is 0 Å². The Kier molecular flexibility index (Phi) is 7.10. The molecule has 0 fully saturated rings. The van der Waals surface area contributed by atoms with Gasteiger partial charge in [-0.15, -0.1) is 0 Å². The van der Waals surface area contributed by atoms with Crippen molar-refractivity contribution in [2.75, 3.05) is 10.6 Å². The minimum Gasteiger partial charge on any atom is -0.457 e. The van der Waals surface area contributed by atoms with Crippen molar-refractivity contribution in [2.45, 2.75) is 19.8 Å². The second-order valence-electron chi connectivity index (χ2n) is 10.2. The maximum Gasteiger partial charge on any atom is 0.324 e. The Morgan fingerprint density at radius 2 is 1.79 bits per heavy atom. The molecule has 0 spiro atoms. The van der Waals surface area contributed by atoms with Gasteiger partial charge in [-0.3, -0.25) is 20.0 Å². The molecule has 10 heteroatoms. The first-order valence-corrected chi connectivity index (χ1v) is 13.4. The zero-order valence-electron chi connectivity index (χ0n) is 23.2. The molecule has 6 aromatic rings. The van der Waals surface area contributed by atoms with E-state index >= 15 is 4.39 Å². The van der Waals surface area contributed by atoms with Gasteiger partial charge in [-0.05, 0) is 60.0 Å². The number of halogens is 1. The van der Waals surface area contributed by atoms with E-state index in [1.54, 1.807) is 41.5 Å². The SMILES string of the molecule is CC(C)c1cc(NC(=O)Nc2ccc(Oc3ccnc(-c4cnn(C)c4)c3)cc2F)n(-c2ccc3ncccc3c2)c1. The van der Waals surface area contributed by atoms with Crippen LogP contribution in [0.2, 0.25) is 0 Å². The monoisotopic (exact) mass is 561 g/mol. The third kappa shape index (κ3) is 5.68. The van der Waals surface area contributed by atoms with E-state index in [-0.39, 0.29) is 17.4 Å². The normalized spacial score (nSPS) is 11.2. The number of amides is 2. The highest BCUT2D eigenvalue weighted by Gasteiger charge is 2.15. The lowest BCUT2D eigenvalue weighted by atomic mass is 10.1. The molecule has 2 aromatic carbocycles. The van der Waals surface area contributed by atoms with Gasteiger partial charge in [0.05, 0.1) is 23.1 Å². The number of ether oxygens (including phenoxy) is 1. The summed E-state index contributed by atoms with van der Waals surface area (Å²) >= 11 is 0. The van der Waals surface area contributed by atoms with E-state index in [1.165, 1.54) is 12.1 Å². The number of carbonyl (C=O) groups is 1. The van der Waals surface area contributed by atoms with Crippen molar-refractivity contribution in [1.29, 1.82) is 0 Å². The van der Waals surface area contributed by atoms with Crippen LogP contribution < -0.4 is 15.4 Å². The van der Waals surface area contributed by atoms with Crippen molar-refractivity contribution in [3.05, 3.63) is 109 Å². The van der Waals surface area contributed by atoms with Crippen molar-refractivity contribution in [2.24, 2.45) is 7.05 Å². The zero-order chi connectivity index (χ0) is 29.2. The van der Waals surface area contributed by atoms with E-state index in [0.29, 0.717) is 17.3 Å². The number of nitrogens with zero attached hydrogens (tertiary/aromatic N) is 5. The first-order valence-electron chi connectivity index (χ1n) is 13.4. The summed E-state index contributed by atoms with van der Waals surface area (Å²) in [6.45, 7) is 4.16. The van der Waals surface area contributed by atoms with Gasteiger partial charge in [0.2, 0.25) is 0 Å². The second kappa shape index (κ2) is 11.2. The first kappa shape index (κ1) is 26.7. The van der Waals surface area contributed by atoms with Crippen molar-refractivity contribution >= 4 is 28.4 Å². The number of rotatable bonds is 7. The molecule has 2 N–H and O–H groups in total. The lowest BCUT2D eigenvalue weighted by Crippen LogP contribution is -2.21. The number of hydrogen-bond donors (Lipinski definition) is 2. The molecule has 0 saturated carbocycles. The molecule has 0 unspecified atom stereocenters. The summed E-state index contributed by atoms with van der Waals surface area (Å²) in [6.07, 6.45) is 8.91.